The Hall–Kier alpha value is -0.410. The molecule has 2 nitrogen and oxygen atoms in total. The first-order valence-electron chi connectivity index (χ1n) is 4.94. The largest absolute Gasteiger partial charge is 0.393 e. The summed E-state index contributed by atoms with van der Waals surface area (Å²) in [7, 11) is 0. The van der Waals surface area contributed by atoms with E-state index in [1.165, 1.54) is 17.7 Å². The maximum Gasteiger partial charge on any atom is 0.0568 e. The second-order valence-corrected chi connectivity index (χ2v) is 4.69. The van der Waals surface area contributed by atoms with Crippen molar-refractivity contribution in [2.24, 2.45) is 5.92 Å². The molecule has 0 amide bonds. The van der Waals surface area contributed by atoms with Crippen molar-refractivity contribution in [1.82, 2.24) is 4.37 Å². The van der Waals surface area contributed by atoms with Crippen LogP contribution in [0, 0.1) is 5.92 Å². The lowest BCUT2D eigenvalue weighted by Gasteiger charge is -2.12. The summed E-state index contributed by atoms with van der Waals surface area (Å²) in [5.74, 6) is 0.544. The minimum atomic E-state index is -0.0343. The molecule has 1 fully saturated rings. The van der Waals surface area contributed by atoms with E-state index in [0.29, 0.717) is 5.92 Å². The van der Waals surface area contributed by atoms with E-state index < -0.39 is 0 Å². The molecule has 0 radical (unpaired) electrons. The zero-order valence-electron chi connectivity index (χ0n) is 7.65. The third-order valence-electron chi connectivity index (χ3n) is 2.87. The fraction of sp³-hybridized carbons (Fsp3) is 0.700. The lowest BCUT2D eigenvalue weighted by Crippen LogP contribution is -2.13. The Balaban J connectivity index is 1.79. The van der Waals surface area contributed by atoms with Gasteiger partial charge in [0.2, 0.25) is 0 Å². The standard InChI is InChI=1S/C10H15NOS/c12-10-3-1-2-8(10)4-5-9-6-7-11-13-9/h6-8,10,12H,1-5H2. The highest BCUT2D eigenvalue weighted by Gasteiger charge is 2.24. The highest BCUT2D eigenvalue weighted by Crippen LogP contribution is 2.29. The lowest BCUT2D eigenvalue weighted by molar-refractivity contribution is 0.128. The molecule has 1 saturated carbocycles. The normalized spacial score (nSPS) is 28.1. The predicted octanol–water partition coefficient (Wildman–Crippen LogP) is 2.24. The highest BCUT2D eigenvalue weighted by atomic mass is 32.1. The molecule has 1 aromatic heterocycles. The lowest BCUT2D eigenvalue weighted by atomic mass is 9.99. The summed E-state index contributed by atoms with van der Waals surface area (Å²) < 4.78 is 4.07. The Labute approximate surface area is 82.8 Å². The summed E-state index contributed by atoms with van der Waals surface area (Å²) in [5.41, 5.74) is 0. The third-order valence-corrected chi connectivity index (χ3v) is 3.67. The molecule has 3 heteroatoms. The topological polar surface area (TPSA) is 33.1 Å². The average Bonchev–Trinajstić information content (AvgIpc) is 2.72. The van der Waals surface area contributed by atoms with Crippen LogP contribution in [0.3, 0.4) is 0 Å². The highest BCUT2D eigenvalue weighted by molar-refractivity contribution is 7.05. The van der Waals surface area contributed by atoms with Crippen molar-refractivity contribution in [3.63, 3.8) is 0 Å². The van der Waals surface area contributed by atoms with E-state index in [1.807, 2.05) is 6.20 Å². The van der Waals surface area contributed by atoms with Gasteiger partial charge in [0, 0.05) is 11.1 Å². The van der Waals surface area contributed by atoms with Gasteiger partial charge in [0.15, 0.2) is 0 Å². The molecule has 0 saturated heterocycles. The molecule has 1 aromatic rings. The molecular weight excluding hydrogens is 182 g/mol. The Kier molecular flexibility index (Phi) is 2.96. The zero-order chi connectivity index (χ0) is 9.10. The molecule has 1 aliphatic rings. The summed E-state index contributed by atoms with van der Waals surface area (Å²) in [6.07, 6.45) is 7.45. The number of aryl methyl sites for hydroxylation is 1. The van der Waals surface area contributed by atoms with Gasteiger partial charge in [0.25, 0.3) is 0 Å². The molecule has 0 spiro atoms. The van der Waals surface area contributed by atoms with Gasteiger partial charge in [-0.2, -0.15) is 0 Å². The first-order chi connectivity index (χ1) is 6.36. The van der Waals surface area contributed by atoms with Crippen LogP contribution in [-0.4, -0.2) is 15.6 Å². The van der Waals surface area contributed by atoms with Crippen molar-refractivity contribution in [2.45, 2.75) is 38.2 Å². The van der Waals surface area contributed by atoms with Crippen LogP contribution >= 0.6 is 11.5 Å². The number of hydrogen-bond donors (Lipinski definition) is 1. The SMILES string of the molecule is OC1CCCC1CCc1ccns1. The monoisotopic (exact) mass is 197 g/mol. The molecule has 1 heterocycles. The Morgan fingerprint density at radius 1 is 1.54 bits per heavy atom. The van der Waals surface area contributed by atoms with Crippen LogP contribution in [-0.2, 0) is 6.42 Å². The summed E-state index contributed by atoms with van der Waals surface area (Å²) in [5, 5.41) is 9.61. The second kappa shape index (κ2) is 4.20. The van der Waals surface area contributed by atoms with E-state index in [2.05, 4.69) is 10.4 Å². The van der Waals surface area contributed by atoms with E-state index in [1.54, 1.807) is 11.5 Å². The summed E-state index contributed by atoms with van der Waals surface area (Å²) >= 11 is 1.58. The van der Waals surface area contributed by atoms with Crippen molar-refractivity contribution in [1.29, 1.82) is 0 Å². The minimum absolute atomic E-state index is 0.0343. The molecule has 2 unspecified atom stereocenters. The van der Waals surface area contributed by atoms with Gasteiger partial charge in [-0.15, -0.1) is 0 Å². The smallest absolute Gasteiger partial charge is 0.0568 e. The maximum absolute atomic E-state index is 9.61. The van der Waals surface area contributed by atoms with Crippen LogP contribution in [0.1, 0.15) is 30.6 Å². The predicted molar refractivity (Wildman–Crippen MR) is 53.8 cm³/mol. The molecule has 0 bridgehead atoms. The third kappa shape index (κ3) is 2.29. The van der Waals surface area contributed by atoms with Gasteiger partial charge < -0.3 is 5.11 Å². The molecule has 13 heavy (non-hydrogen) atoms. The number of aliphatic hydroxyl groups excluding tert-OH is 1. The van der Waals surface area contributed by atoms with E-state index in [9.17, 15) is 5.11 Å². The molecule has 0 aromatic carbocycles. The van der Waals surface area contributed by atoms with Crippen molar-refractivity contribution in [2.75, 3.05) is 0 Å². The van der Waals surface area contributed by atoms with Crippen molar-refractivity contribution in [3.05, 3.63) is 17.1 Å². The van der Waals surface area contributed by atoms with Gasteiger partial charge in [0.1, 0.15) is 0 Å². The fourth-order valence-corrected chi connectivity index (χ4v) is 2.64. The van der Waals surface area contributed by atoms with E-state index in [4.69, 9.17) is 0 Å². The number of rotatable bonds is 3. The Morgan fingerprint density at radius 3 is 3.08 bits per heavy atom. The first kappa shape index (κ1) is 9.16. The van der Waals surface area contributed by atoms with Crippen LogP contribution in [0.4, 0.5) is 0 Å². The molecule has 1 N–H and O–H groups in total. The van der Waals surface area contributed by atoms with E-state index in [0.717, 1.165) is 19.3 Å². The number of hydrogen-bond acceptors (Lipinski definition) is 3. The number of aliphatic hydroxyl groups is 1. The van der Waals surface area contributed by atoms with Gasteiger partial charge in [-0.1, -0.05) is 6.42 Å². The molecule has 2 atom stereocenters. The van der Waals surface area contributed by atoms with Crippen molar-refractivity contribution in [3.8, 4) is 0 Å². The van der Waals surface area contributed by atoms with Gasteiger partial charge in [-0.05, 0) is 49.2 Å². The Morgan fingerprint density at radius 2 is 2.46 bits per heavy atom. The van der Waals surface area contributed by atoms with Gasteiger partial charge in [-0.25, -0.2) is 4.37 Å². The average molecular weight is 197 g/mol. The van der Waals surface area contributed by atoms with Crippen LogP contribution < -0.4 is 0 Å². The van der Waals surface area contributed by atoms with Crippen molar-refractivity contribution >= 4 is 11.5 Å². The van der Waals surface area contributed by atoms with Gasteiger partial charge in [0.05, 0.1) is 6.10 Å². The van der Waals surface area contributed by atoms with Crippen LogP contribution in [0.25, 0.3) is 0 Å². The van der Waals surface area contributed by atoms with Gasteiger partial charge >= 0.3 is 0 Å². The molecule has 0 aliphatic heterocycles. The summed E-state index contributed by atoms with van der Waals surface area (Å²) in [4.78, 5) is 1.35. The quantitative estimate of drug-likeness (QED) is 0.806. The summed E-state index contributed by atoms with van der Waals surface area (Å²) in [6.45, 7) is 0. The van der Waals surface area contributed by atoms with Crippen molar-refractivity contribution < 1.29 is 5.11 Å². The second-order valence-electron chi connectivity index (χ2n) is 3.78. The van der Waals surface area contributed by atoms with Crippen LogP contribution in [0.2, 0.25) is 0 Å². The van der Waals surface area contributed by atoms with Gasteiger partial charge in [-0.3, -0.25) is 0 Å². The maximum atomic E-state index is 9.61. The number of aromatic nitrogens is 1. The zero-order valence-corrected chi connectivity index (χ0v) is 8.46. The molecule has 72 valence electrons. The summed E-state index contributed by atoms with van der Waals surface area (Å²) in [6, 6.07) is 2.08. The molecule has 1 aliphatic carbocycles. The van der Waals surface area contributed by atoms with E-state index in [-0.39, 0.29) is 6.10 Å². The molecular formula is C10H15NOS. The Bertz CT molecular complexity index is 247. The fourth-order valence-electron chi connectivity index (χ4n) is 2.05. The van der Waals surface area contributed by atoms with Crippen LogP contribution in [0.15, 0.2) is 12.3 Å². The van der Waals surface area contributed by atoms with Crippen LogP contribution in [0.5, 0.6) is 0 Å². The van der Waals surface area contributed by atoms with E-state index >= 15 is 0 Å². The molecule has 2 rings (SSSR count). The minimum Gasteiger partial charge on any atom is -0.393 e. The first-order valence-corrected chi connectivity index (χ1v) is 5.71. The number of nitrogens with zero attached hydrogens (tertiary/aromatic N) is 1.